The SMILES string of the molecule is CCOC(=O)/C=C(\C)CCNC(=O)OCc1ccccc1. The molecule has 0 aliphatic rings. The van der Waals surface area contributed by atoms with E-state index in [4.69, 9.17) is 9.47 Å². The molecule has 0 bridgehead atoms. The molecule has 1 amide bonds. The molecule has 0 radical (unpaired) electrons. The van der Waals surface area contributed by atoms with Crippen LogP contribution in [0, 0.1) is 0 Å². The summed E-state index contributed by atoms with van der Waals surface area (Å²) in [5, 5.41) is 2.63. The van der Waals surface area contributed by atoms with Crippen LogP contribution in [0.1, 0.15) is 25.8 Å². The number of rotatable bonds is 7. The second-order valence-corrected chi connectivity index (χ2v) is 4.48. The zero-order chi connectivity index (χ0) is 15.5. The molecule has 0 saturated carbocycles. The maximum absolute atomic E-state index is 11.5. The number of ether oxygens (including phenoxy) is 2. The summed E-state index contributed by atoms with van der Waals surface area (Å²) in [4.78, 5) is 22.7. The molecule has 0 aliphatic heterocycles. The van der Waals surface area contributed by atoms with Crippen molar-refractivity contribution in [1.29, 1.82) is 0 Å². The van der Waals surface area contributed by atoms with Crippen LogP contribution >= 0.6 is 0 Å². The van der Waals surface area contributed by atoms with E-state index in [1.54, 1.807) is 6.92 Å². The highest BCUT2D eigenvalue weighted by molar-refractivity contribution is 5.82. The van der Waals surface area contributed by atoms with E-state index >= 15 is 0 Å². The van der Waals surface area contributed by atoms with Crippen LogP contribution in [0.4, 0.5) is 4.79 Å². The lowest BCUT2D eigenvalue weighted by molar-refractivity contribution is -0.137. The zero-order valence-electron chi connectivity index (χ0n) is 12.4. The molecular weight excluding hydrogens is 270 g/mol. The summed E-state index contributed by atoms with van der Waals surface area (Å²) in [7, 11) is 0. The highest BCUT2D eigenvalue weighted by Crippen LogP contribution is 2.01. The van der Waals surface area contributed by atoms with Crippen molar-refractivity contribution >= 4 is 12.1 Å². The third kappa shape index (κ3) is 7.77. The Labute approximate surface area is 124 Å². The minimum atomic E-state index is -0.470. The molecule has 5 nitrogen and oxygen atoms in total. The Morgan fingerprint density at radius 1 is 1.19 bits per heavy atom. The molecule has 0 unspecified atom stereocenters. The van der Waals surface area contributed by atoms with E-state index in [-0.39, 0.29) is 12.6 Å². The normalized spacial score (nSPS) is 10.9. The summed E-state index contributed by atoms with van der Waals surface area (Å²) < 4.78 is 9.87. The van der Waals surface area contributed by atoms with Gasteiger partial charge in [0.15, 0.2) is 0 Å². The van der Waals surface area contributed by atoms with Crippen molar-refractivity contribution in [2.75, 3.05) is 13.2 Å². The fourth-order valence-electron chi connectivity index (χ4n) is 1.59. The maximum atomic E-state index is 11.5. The van der Waals surface area contributed by atoms with Crippen molar-refractivity contribution in [3.05, 3.63) is 47.5 Å². The van der Waals surface area contributed by atoms with Gasteiger partial charge in [0.25, 0.3) is 0 Å². The Balaban J connectivity index is 2.20. The predicted octanol–water partition coefficient (Wildman–Crippen LogP) is 2.81. The van der Waals surface area contributed by atoms with Gasteiger partial charge in [-0.25, -0.2) is 9.59 Å². The minimum absolute atomic E-state index is 0.240. The quantitative estimate of drug-likeness (QED) is 0.619. The first-order chi connectivity index (χ1) is 10.1. The van der Waals surface area contributed by atoms with Gasteiger partial charge in [0, 0.05) is 12.6 Å². The number of nitrogens with one attached hydrogen (secondary N) is 1. The molecule has 0 heterocycles. The average Bonchev–Trinajstić information content (AvgIpc) is 2.46. The second kappa shape index (κ2) is 9.58. The van der Waals surface area contributed by atoms with E-state index in [9.17, 15) is 9.59 Å². The van der Waals surface area contributed by atoms with E-state index in [1.165, 1.54) is 6.08 Å². The number of hydrogen-bond donors (Lipinski definition) is 1. The van der Waals surface area contributed by atoms with E-state index < -0.39 is 6.09 Å². The van der Waals surface area contributed by atoms with Gasteiger partial charge in [-0.3, -0.25) is 0 Å². The van der Waals surface area contributed by atoms with Crippen LogP contribution in [-0.2, 0) is 20.9 Å². The Kier molecular flexibility index (Phi) is 7.64. The highest BCUT2D eigenvalue weighted by Gasteiger charge is 2.03. The van der Waals surface area contributed by atoms with Crippen molar-refractivity contribution in [3.8, 4) is 0 Å². The maximum Gasteiger partial charge on any atom is 0.407 e. The summed E-state index contributed by atoms with van der Waals surface area (Å²) in [6.45, 7) is 4.58. The van der Waals surface area contributed by atoms with Crippen molar-refractivity contribution in [2.45, 2.75) is 26.9 Å². The summed E-state index contributed by atoms with van der Waals surface area (Å²) in [5.74, 6) is -0.360. The first-order valence-corrected chi connectivity index (χ1v) is 6.90. The van der Waals surface area contributed by atoms with Gasteiger partial charge in [-0.1, -0.05) is 35.9 Å². The van der Waals surface area contributed by atoms with E-state index in [1.807, 2.05) is 37.3 Å². The Morgan fingerprint density at radius 2 is 1.90 bits per heavy atom. The van der Waals surface area contributed by atoms with Crippen molar-refractivity contribution in [2.24, 2.45) is 0 Å². The lowest BCUT2D eigenvalue weighted by atomic mass is 10.2. The molecule has 0 atom stereocenters. The summed E-state index contributed by atoms with van der Waals surface area (Å²) in [6.07, 6.45) is 1.53. The largest absolute Gasteiger partial charge is 0.463 e. The zero-order valence-corrected chi connectivity index (χ0v) is 12.4. The lowest BCUT2D eigenvalue weighted by Crippen LogP contribution is -2.25. The molecule has 0 fully saturated rings. The molecule has 0 aliphatic carbocycles. The fraction of sp³-hybridized carbons (Fsp3) is 0.375. The third-order valence-electron chi connectivity index (χ3n) is 2.65. The lowest BCUT2D eigenvalue weighted by Gasteiger charge is -2.07. The van der Waals surface area contributed by atoms with Gasteiger partial charge in [0.1, 0.15) is 6.61 Å². The minimum Gasteiger partial charge on any atom is -0.463 e. The first-order valence-electron chi connectivity index (χ1n) is 6.90. The first kappa shape index (κ1) is 16.8. The number of alkyl carbamates (subject to hydrolysis) is 1. The number of esters is 1. The smallest absolute Gasteiger partial charge is 0.407 e. The Hall–Kier alpha value is -2.30. The van der Waals surface area contributed by atoms with Crippen LogP contribution in [-0.4, -0.2) is 25.2 Å². The number of carbonyl (C=O) groups is 2. The molecule has 1 aromatic carbocycles. The molecule has 5 heteroatoms. The van der Waals surface area contributed by atoms with Crippen molar-refractivity contribution < 1.29 is 19.1 Å². The summed E-state index contributed by atoms with van der Waals surface area (Å²) >= 11 is 0. The van der Waals surface area contributed by atoms with E-state index in [2.05, 4.69) is 5.32 Å². The van der Waals surface area contributed by atoms with Crippen molar-refractivity contribution in [3.63, 3.8) is 0 Å². The average molecular weight is 291 g/mol. The van der Waals surface area contributed by atoms with Gasteiger partial charge in [-0.05, 0) is 25.8 Å². The van der Waals surface area contributed by atoms with Crippen LogP contribution in [0.5, 0.6) is 0 Å². The second-order valence-electron chi connectivity index (χ2n) is 4.48. The molecule has 1 rings (SSSR count). The Bertz CT molecular complexity index is 482. The Morgan fingerprint density at radius 3 is 2.57 bits per heavy atom. The topological polar surface area (TPSA) is 64.6 Å². The van der Waals surface area contributed by atoms with E-state index in [0.717, 1.165) is 11.1 Å². The third-order valence-corrected chi connectivity index (χ3v) is 2.65. The van der Waals surface area contributed by atoms with Crippen LogP contribution in [0.15, 0.2) is 42.0 Å². The van der Waals surface area contributed by atoms with Crippen LogP contribution in [0.3, 0.4) is 0 Å². The van der Waals surface area contributed by atoms with Gasteiger partial charge in [0.05, 0.1) is 6.61 Å². The number of carbonyl (C=O) groups excluding carboxylic acids is 2. The van der Waals surface area contributed by atoms with E-state index in [0.29, 0.717) is 19.6 Å². The molecular formula is C16H21NO4. The summed E-state index contributed by atoms with van der Waals surface area (Å²) in [6, 6.07) is 9.46. The van der Waals surface area contributed by atoms with Gasteiger partial charge < -0.3 is 14.8 Å². The molecule has 0 spiro atoms. The van der Waals surface area contributed by atoms with Crippen molar-refractivity contribution in [1.82, 2.24) is 5.32 Å². The molecule has 1 N–H and O–H groups in total. The van der Waals surface area contributed by atoms with Gasteiger partial charge in [0.2, 0.25) is 0 Å². The van der Waals surface area contributed by atoms with Crippen LogP contribution in [0.2, 0.25) is 0 Å². The molecule has 0 saturated heterocycles. The van der Waals surface area contributed by atoms with Gasteiger partial charge in [-0.2, -0.15) is 0 Å². The molecule has 114 valence electrons. The predicted molar refractivity (Wildman–Crippen MR) is 79.6 cm³/mol. The molecule has 21 heavy (non-hydrogen) atoms. The number of benzene rings is 1. The van der Waals surface area contributed by atoms with Gasteiger partial charge >= 0.3 is 12.1 Å². The fourth-order valence-corrected chi connectivity index (χ4v) is 1.59. The standard InChI is InChI=1S/C16H21NO4/c1-3-20-15(18)11-13(2)9-10-17-16(19)21-12-14-7-5-4-6-8-14/h4-8,11H,3,9-10,12H2,1-2H3,(H,17,19)/b13-11+. The number of amides is 1. The summed E-state index contributed by atoms with van der Waals surface area (Å²) in [5.41, 5.74) is 1.78. The molecule has 0 aromatic heterocycles. The highest BCUT2D eigenvalue weighted by atomic mass is 16.5. The van der Waals surface area contributed by atoms with Gasteiger partial charge in [-0.15, -0.1) is 0 Å². The number of hydrogen-bond acceptors (Lipinski definition) is 4. The monoisotopic (exact) mass is 291 g/mol. The molecule has 1 aromatic rings. The van der Waals surface area contributed by atoms with Crippen LogP contribution in [0.25, 0.3) is 0 Å². The van der Waals surface area contributed by atoms with Crippen LogP contribution < -0.4 is 5.32 Å².